The van der Waals surface area contributed by atoms with Gasteiger partial charge in [-0.3, -0.25) is 0 Å². The first kappa shape index (κ1) is 19.0. The molecule has 0 fully saturated rings. The van der Waals surface area contributed by atoms with E-state index in [1.165, 1.54) is 4.90 Å². The Bertz CT molecular complexity index is 717. The summed E-state index contributed by atoms with van der Waals surface area (Å²) in [6.07, 6.45) is -2.94. The monoisotopic (exact) mass is 353 g/mol. The van der Waals surface area contributed by atoms with Gasteiger partial charge in [0, 0.05) is 18.9 Å². The molecule has 0 N–H and O–H groups in total. The lowest BCUT2D eigenvalue weighted by Gasteiger charge is -2.23. The van der Waals surface area contributed by atoms with Gasteiger partial charge < -0.3 is 9.64 Å². The van der Waals surface area contributed by atoms with E-state index >= 15 is 0 Å². The molecule has 4 nitrogen and oxygen atoms in total. The molecule has 0 aliphatic heterocycles. The number of benzene rings is 1. The Morgan fingerprint density at radius 1 is 1.24 bits per heavy atom. The largest absolute Gasteiger partial charge is 0.464 e. The van der Waals surface area contributed by atoms with Crippen molar-refractivity contribution in [1.29, 1.82) is 0 Å². The summed E-state index contributed by atoms with van der Waals surface area (Å²) < 4.78 is 45.2. The Morgan fingerprint density at radius 2 is 1.96 bits per heavy atom. The lowest BCUT2D eigenvalue weighted by atomic mass is 10.0. The van der Waals surface area contributed by atoms with Crippen molar-refractivity contribution < 1.29 is 17.9 Å². The van der Waals surface area contributed by atoms with Gasteiger partial charge in [-0.15, -0.1) is 0 Å². The summed E-state index contributed by atoms with van der Waals surface area (Å²) in [7, 11) is 1.56. The van der Waals surface area contributed by atoms with Gasteiger partial charge in [-0.2, -0.15) is 18.2 Å². The molecule has 2 aromatic rings. The lowest BCUT2D eigenvalue weighted by Crippen LogP contribution is -2.19. The molecule has 25 heavy (non-hydrogen) atoms. The molecule has 0 spiro atoms. The molecule has 0 radical (unpaired) electrons. The van der Waals surface area contributed by atoms with Crippen LogP contribution >= 0.6 is 0 Å². The van der Waals surface area contributed by atoms with Gasteiger partial charge in [0.05, 0.1) is 6.61 Å². The summed E-state index contributed by atoms with van der Waals surface area (Å²) in [5.74, 6) is 0.225. The maximum Gasteiger partial charge on any atom is 0.421 e. The molecule has 1 aromatic carbocycles. The number of alkyl halides is 3. The number of nitrogens with zero attached hydrogens (tertiary/aromatic N) is 3. The molecule has 0 aliphatic carbocycles. The number of halogens is 3. The maximum absolute atomic E-state index is 13.3. The first-order valence-electron chi connectivity index (χ1n) is 8.12. The van der Waals surface area contributed by atoms with Gasteiger partial charge >= 0.3 is 12.2 Å². The minimum absolute atomic E-state index is 0.0734. The van der Waals surface area contributed by atoms with Crippen LogP contribution in [0, 0.1) is 5.92 Å². The third-order valence-electron chi connectivity index (χ3n) is 3.58. The Labute approximate surface area is 145 Å². The molecule has 0 atom stereocenters. The van der Waals surface area contributed by atoms with Crippen molar-refractivity contribution in [1.82, 2.24) is 9.97 Å². The van der Waals surface area contributed by atoms with E-state index < -0.39 is 11.7 Å². The van der Waals surface area contributed by atoms with Crippen molar-refractivity contribution in [3.8, 4) is 6.01 Å². The lowest BCUT2D eigenvalue weighted by molar-refractivity contribution is -0.137. The Kier molecular flexibility index (Phi) is 5.87. The molecule has 1 aromatic heterocycles. The number of aromatic nitrogens is 2. The molecule has 2 rings (SSSR count). The molecule has 1 heterocycles. The van der Waals surface area contributed by atoms with Gasteiger partial charge in [-0.1, -0.05) is 26.0 Å². The van der Waals surface area contributed by atoms with Crippen molar-refractivity contribution in [2.45, 2.75) is 33.4 Å². The quantitative estimate of drug-likeness (QED) is 0.743. The molecule has 0 bridgehead atoms. The summed E-state index contributed by atoms with van der Waals surface area (Å²) in [4.78, 5) is 9.03. The standard InChI is InChI=1S/C18H22F3N3O/c1-5-25-17-22-11-15(18(19,20)21)16(23-17)24(4)14-8-6-7-13(10-14)9-12(2)3/h6-8,10-12H,5,9H2,1-4H3. The summed E-state index contributed by atoms with van der Waals surface area (Å²) >= 11 is 0. The maximum atomic E-state index is 13.3. The third kappa shape index (κ3) is 4.84. The van der Waals surface area contributed by atoms with Crippen molar-refractivity contribution in [3.05, 3.63) is 41.6 Å². The first-order chi connectivity index (χ1) is 11.7. The smallest absolute Gasteiger partial charge is 0.421 e. The topological polar surface area (TPSA) is 38.2 Å². The molecule has 0 aliphatic rings. The van der Waals surface area contributed by atoms with E-state index in [0.717, 1.165) is 18.2 Å². The van der Waals surface area contributed by atoms with Crippen LogP contribution < -0.4 is 9.64 Å². The van der Waals surface area contributed by atoms with Gasteiger partial charge in [-0.05, 0) is 37.0 Å². The molecule has 136 valence electrons. The van der Waals surface area contributed by atoms with E-state index in [2.05, 4.69) is 23.8 Å². The van der Waals surface area contributed by atoms with Crippen LogP contribution in [0.4, 0.5) is 24.7 Å². The van der Waals surface area contributed by atoms with Crippen molar-refractivity contribution in [3.63, 3.8) is 0 Å². The average Bonchev–Trinajstić information content (AvgIpc) is 2.53. The Balaban J connectivity index is 2.46. The Hall–Kier alpha value is -2.31. The second kappa shape index (κ2) is 7.72. The van der Waals surface area contributed by atoms with Crippen LogP contribution in [0.3, 0.4) is 0 Å². The fourth-order valence-corrected chi connectivity index (χ4v) is 2.50. The SMILES string of the molecule is CCOc1ncc(C(F)(F)F)c(N(C)c2cccc(CC(C)C)c2)n1. The fourth-order valence-electron chi connectivity index (χ4n) is 2.50. The van der Waals surface area contributed by atoms with Crippen molar-refractivity contribution in [2.75, 3.05) is 18.6 Å². The summed E-state index contributed by atoms with van der Waals surface area (Å²) in [5.41, 5.74) is 0.796. The van der Waals surface area contributed by atoms with Crippen LogP contribution in [-0.2, 0) is 12.6 Å². The van der Waals surface area contributed by atoms with E-state index in [1.807, 2.05) is 18.2 Å². The fraction of sp³-hybridized carbons (Fsp3) is 0.444. The van der Waals surface area contributed by atoms with Crippen LogP contribution in [0.15, 0.2) is 30.5 Å². The zero-order valence-electron chi connectivity index (χ0n) is 14.8. The van der Waals surface area contributed by atoms with Gasteiger partial charge in [-0.25, -0.2) is 4.98 Å². The first-order valence-corrected chi connectivity index (χ1v) is 8.12. The number of hydrogen-bond acceptors (Lipinski definition) is 4. The number of ether oxygens (including phenoxy) is 1. The van der Waals surface area contributed by atoms with Crippen LogP contribution in [0.25, 0.3) is 0 Å². The molecule has 0 saturated heterocycles. The van der Waals surface area contributed by atoms with Crippen molar-refractivity contribution in [2.24, 2.45) is 5.92 Å². The minimum Gasteiger partial charge on any atom is -0.464 e. The summed E-state index contributed by atoms with van der Waals surface area (Å²) in [6, 6.07) is 7.36. The molecular weight excluding hydrogens is 331 g/mol. The zero-order chi connectivity index (χ0) is 18.6. The van der Waals surface area contributed by atoms with Crippen LogP contribution in [0.2, 0.25) is 0 Å². The van der Waals surface area contributed by atoms with Crippen LogP contribution in [0.1, 0.15) is 31.9 Å². The Morgan fingerprint density at radius 3 is 2.56 bits per heavy atom. The van der Waals surface area contributed by atoms with Gasteiger partial charge in [0.25, 0.3) is 0 Å². The van der Waals surface area contributed by atoms with E-state index in [9.17, 15) is 13.2 Å². The number of hydrogen-bond donors (Lipinski definition) is 0. The molecule has 0 unspecified atom stereocenters. The van der Waals surface area contributed by atoms with Gasteiger partial charge in [0.15, 0.2) is 5.82 Å². The summed E-state index contributed by atoms with van der Waals surface area (Å²) in [5, 5.41) is 0. The predicted octanol–water partition coefficient (Wildman–Crippen LogP) is 4.86. The molecule has 0 saturated carbocycles. The summed E-state index contributed by atoms with van der Waals surface area (Å²) in [6.45, 7) is 6.19. The minimum atomic E-state index is -4.55. The van der Waals surface area contributed by atoms with Crippen molar-refractivity contribution >= 4 is 11.5 Å². The highest BCUT2D eigenvalue weighted by atomic mass is 19.4. The van der Waals surface area contributed by atoms with Gasteiger partial charge in [0.2, 0.25) is 0 Å². The van der Waals surface area contributed by atoms with E-state index in [0.29, 0.717) is 11.6 Å². The second-order valence-electron chi connectivity index (χ2n) is 6.15. The third-order valence-corrected chi connectivity index (χ3v) is 3.58. The van der Waals surface area contributed by atoms with E-state index in [1.54, 1.807) is 20.0 Å². The van der Waals surface area contributed by atoms with E-state index in [4.69, 9.17) is 4.74 Å². The van der Waals surface area contributed by atoms with Crippen LogP contribution in [0.5, 0.6) is 6.01 Å². The zero-order valence-corrected chi connectivity index (χ0v) is 14.8. The highest BCUT2D eigenvalue weighted by Gasteiger charge is 2.36. The molecule has 0 amide bonds. The highest BCUT2D eigenvalue weighted by molar-refractivity contribution is 5.63. The normalized spacial score (nSPS) is 11.7. The number of rotatable bonds is 6. The molecular formula is C18H22F3N3O. The second-order valence-corrected chi connectivity index (χ2v) is 6.15. The number of anilines is 2. The highest BCUT2D eigenvalue weighted by Crippen LogP contribution is 2.37. The predicted molar refractivity (Wildman–Crippen MR) is 91.3 cm³/mol. The average molecular weight is 353 g/mol. The van der Waals surface area contributed by atoms with E-state index in [-0.39, 0.29) is 18.4 Å². The molecule has 7 heteroatoms. The van der Waals surface area contributed by atoms with Crippen LogP contribution in [-0.4, -0.2) is 23.6 Å². The van der Waals surface area contributed by atoms with Gasteiger partial charge in [0.1, 0.15) is 5.56 Å².